The third-order valence-electron chi connectivity index (χ3n) is 4.66. The number of hydrogen-bond donors (Lipinski definition) is 0. The van der Waals surface area contributed by atoms with E-state index in [9.17, 15) is 4.79 Å². The molecule has 0 atom stereocenters. The van der Waals surface area contributed by atoms with Gasteiger partial charge in [-0.15, -0.1) is 0 Å². The van der Waals surface area contributed by atoms with E-state index in [1.165, 1.54) is 0 Å². The van der Waals surface area contributed by atoms with Crippen LogP contribution in [0.4, 0.5) is 0 Å². The summed E-state index contributed by atoms with van der Waals surface area (Å²) in [4.78, 5) is 12.7. The summed E-state index contributed by atoms with van der Waals surface area (Å²) < 4.78 is 11.9. The molecule has 3 aromatic carbocycles. The van der Waals surface area contributed by atoms with Crippen molar-refractivity contribution in [2.45, 2.75) is 20.5 Å². The first-order chi connectivity index (χ1) is 13.5. The molecule has 1 aliphatic rings. The normalized spacial score (nSPS) is 14.1. The molecular formula is C24H19ClO3. The summed E-state index contributed by atoms with van der Waals surface area (Å²) >= 11 is 6.02. The molecule has 0 amide bonds. The number of fused-ring (bicyclic) bond motifs is 1. The second-order valence-corrected chi connectivity index (χ2v) is 7.27. The first-order valence-corrected chi connectivity index (χ1v) is 9.41. The number of ether oxygens (including phenoxy) is 2. The van der Waals surface area contributed by atoms with Crippen molar-refractivity contribution in [2.75, 3.05) is 0 Å². The number of allylic oxidation sites excluding steroid dienone is 1. The van der Waals surface area contributed by atoms with E-state index in [0.29, 0.717) is 34.5 Å². The Morgan fingerprint density at radius 3 is 2.64 bits per heavy atom. The van der Waals surface area contributed by atoms with Crippen molar-refractivity contribution in [3.05, 3.63) is 99.3 Å². The van der Waals surface area contributed by atoms with Crippen LogP contribution < -0.4 is 9.47 Å². The SMILES string of the molecule is Cc1cccc(/C=C2\Oc3c(ccc(OCc4cccc(Cl)c4)c3C)C2=O)c1. The molecule has 3 aromatic rings. The van der Waals surface area contributed by atoms with Crippen LogP contribution in [0.2, 0.25) is 5.02 Å². The Hall–Kier alpha value is -3.04. The van der Waals surface area contributed by atoms with Crippen LogP contribution in [0.1, 0.15) is 32.6 Å². The molecule has 4 rings (SSSR count). The van der Waals surface area contributed by atoms with Crippen LogP contribution in [-0.4, -0.2) is 5.78 Å². The summed E-state index contributed by atoms with van der Waals surface area (Å²) in [6.45, 7) is 4.30. The van der Waals surface area contributed by atoms with Crippen molar-refractivity contribution in [1.82, 2.24) is 0 Å². The van der Waals surface area contributed by atoms with Gasteiger partial charge in [-0.1, -0.05) is 53.6 Å². The van der Waals surface area contributed by atoms with Crippen LogP contribution in [0, 0.1) is 13.8 Å². The summed E-state index contributed by atoms with van der Waals surface area (Å²) in [6, 6.07) is 19.1. The standard InChI is InChI=1S/C24H19ClO3/c1-15-5-3-6-17(11-15)13-22-23(26)20-9-10-21(16(2)24(20)28-22)27-14-18-7-4-8-19(25)12-18/h3-13H,14H2,1-2H3/b22-13-. The van der Waals surface area contributed by atoms with E-state index in [2.05, 4.69) is 0 Å². The van der Waals surface area contributed by atoms with Crippen LogP contribution in [0.3, 0.4) is 0 Å². The molecule has 0 N–H and O–H groups in total. The summed E-state index contributed by atoms with van der Waals surface area (Å²) in [7, 11) is 0. The highest BCUT2D eigenvalue weighted by atomic mass is 35.5. The summed E-state index contributed by atoms with van der Waals surface area (Å²) in [5, 5.41) is 0.673. The number of benzene rings is 3. The summed E-state index contributed by atoms with van der Waals surface area (Å²) in [5.41, 5.74) is 4.41. The van der Waals surface area contributed by atoms with Crippen LogP contribution in [-0.2, 0) is 6.61 Å². The molecule has 0 radical (unpaired) electrons. The topological polar surface area (TPSA) is 35.5 Å². The van der Waals surface area contributed by atoms with Crippen LogP contribution in [0.15, 0.2) is 66.4 Å². The summed E-state index contributed by atoms with van der Waals surface area (Å²) in [6.07, 6.45) is 1.78. The van der Waals surface area contributed by atoms with Crippen molar-refractivity contribution in [1.29, 1.82) is 0 Å². The molecule has 28 heavy (non-hydrogen) atoms. The van der Waals surface area contributed by atoms with Gasteiger partial charge in [0.2, 0.25) is 5.78 Å². The van der Waals surface area contributed by atoms with Gasteiger partial charge in [0.25, 0.3) is 0 Å². The van der Waals surface area contributed by atoms with E-state index in [0.717, 1.165) is 22.3 Å². The Balaban J connectivity index is 1.58. The Bertz CT molecular complexity index is 1100. The Labute approximate surface area is 169 Å². The monoisotopic (exact) mass is 390 g/mol. The number of halogens is 1. The van der Waals surface area contributed by atoms with Crippen molar-refractivity contribution in [3.63, 3.8) is 0 Å². The molecule has 0 aromatic heterocycles. The maximum Gasteiger partial charge on any atom is 0.231 e. The average Bonchev–Trinajstić information content (AvgIpc) is 2.98. The molecule has 0 saturated carbocycles. The van der Waals surface area contributed by atoms with Gasteiger partial charge in [0, 0.05) is 10.6 Å². The van der Waals surface area contributed by atoms with Gasteiger partial charge >= 0.3 is 0 Å². The van der Waals surface area contributed by atoms with E-state index in [4.69, 9.17) is 21.1 Å². The number of aryl methyl sites for hydroxylation is 1. The second-order valence-electron chi connectivity index (χ2n) is 6.84. The zero-order valence-electron chi connectivity index (χ0n) is 15.7. The minimum Gasteiger partial charge on any atom is -0.488 e. The number of carbonyl (C=O) groups is 1. The highest BCUT2D eigenvalue weighted by Gasteiger charge is 2.30. The molecule has 0 unspecified atom stereocenters. The highest BCUT2D eigenvalue weighted by Crippen LogP contribution is 2.39. The lowest BCUT2D eigenvalue weighted by molar-refractivity contribution is 0.101. The first-order valence-electron chi connectivity index (χ1n) is 9.03. The van der Waals surface area contributed by atoms with Gasteiger partial charge < -0.3 is 9.47 Å². The Kier molecular flexibility index (Phi) is 4.93. The zero-order valence-corrected chi connectivity index (χ0v) is 16.4. The van der Waals surface area contributed by atoms with E-state index >= 15 is 0 Å². The zero-order chi connectivity index (χ0) is 19.7. The Morgan fingerprint density at radius 1 is 1.04 bits per heavy atom. The fourth-order valence-corrected chi connectivity index (χ4v) is 3.44. The number of rotatable bonds is 4. The van der Waals surface area contributed by atoms with Gasteiger partial charge in [-0.3, -0.25) is 4.79 Å². The van der Waals surface area contributed by atoms with Gasteiger partial charge in [0.1, 0.15) is 18.1 Å². The predicted molar refractivity (Wildman–Crippen MR) is 111 cm³/mol. The molecule has 0 bridgehead atoms. The van der Waals surface area contributed by atoms with Gasteiger partial charge in [0.05, 0.1) is 5.56 Å². The predicted octanol–water partition coefficient (Wildman–Crippen LogP) is 6.15. The average molecular weight is 391 g/mol. The third kappa shape index (κ3) is 3.67. The largest absolute Gasteiger partial charge is 0.488 e. The minimum absolute atomic E-state index is 0.110. The maximum absolute atomic E-state index is 12.7. The molecule has 0 fully saturated rings. The molecule has 1 heterocycles. The molecule has 140 valence electrons. The highest BCUT2D eigenvalue weighted by molar-refractivity contribution is 6.30. The molecule has 0 spiro atoms. The molecule has 4 heteroatoms. The van der Waals surface area contributed by atoms with Crippen molar-refractivity contribution in [3.8, 4) is 11.5 Å². The lowest BCUT2D eigenvalue weighted by Gasteiger charge is -2.11. The van der Waals surface area contributed by atoms with E-state index in [1.54, 1.807) is 12.1 Å². The van der Waals surface area contributed by atoms with Gasteiger partial charge in [-0.25, -0.2) is 0 Å². The molecule has 0 aliphatic carbocycles. The van der Waals surface area contributed by atoms with E-state index in [-0.39, 0.29) is 5.78 Å². The minimum atomic E-state index is -0.110. The van der Waals surface area contributed by atoms with Gasteiger partial charge in [-0.05, 0) is 55.3 Å². The van der Waals surface area contributed by atoms with Crippen LogP contribution >= 0.6 is 11.6 Å². The van der Waals surface area contributed by atoms with Gasteiger partial charge in [0.15, 0.2) is 5.76 Å². The number of ketones is 1. The first kappa shape index (κ1) is 18.3. The molecular weight excluding hydrogens is 372 g/mol. The van der Waals surface area contributed by atoms with Gasteiger partial charge in [-0.2, -0.15) is 0 Å². The number of hydrogen-bond acceptors (Lipinski definition) is 3. The summed E-state index contributed by atoms with van der Waals surface area (Å²) in [5.74, 6) is 1.47. The van der Waals surface area contributed by atoms with Crippen molar-refractivity contribution >= 4 is 23.5 Å². The number of Topliss-reactive ketones (excluding diaryl/α,β-unsaturated/α-hetero) is 1. The fourth-order valence-electron chi connectivity index (χ4n) is 3.22. The Morgan fingerprint density at radius 2 is 1.86 bits per heavy atom. The third-order valence-corrected chi connectivity index (χ3v) is 4.89. The quantitative estimate of drug-likeness (QED) is 0.501. The maximum atomic E-state index is 12.7. The molecule has 1 aliphatic heterocycles. The lowest BCUT2D eigenvalue weighted by Crippen LogP contribution is -1.98. The van der Waals surface area contributed by atoms with E-state index in [1.807, 2.05) is 68.4 Å². The van der Waals surface area contributed by atoms with Crippen LogP contribution in [0.5, 0.6) is 11.5 Å². The smallest absolute Gasteiger partial charge is 0.231 e. The second kappa shape index (κ2) is 7.53. The van der Waals surface area contributed by atoms with E-state index < -0.39 is 0 Å². The van der Waals surface area contributed by atoms with Crippen molar-refractivity contribution in [2.24, 2.45) is 0 Å². The molecule has 0 saturated heterocycles. The van der Waals surface area contributed by atoms with Crippen molar-refractivity contribution < 1.29 is 14.3 Å². The number of carbonyl (C=O) groups excluding carboxylic acids is 1. The fraction of sp³-hybridized carbons (Fsp3) is 0.125. The molecule has 3 nitrogen and oxygen atoms in total. The lowest BCUT2D eigenvalue weighted by atomic mass is 10.1. The van der Waals surface area contributed by atoms with Crippen LogP contribution in [0.25, 0.3) is 6.08 Å².